The number of benzene rings is 1. The van der Waals surface area contributed by atoms with E-state index in [0.29, 0.717) is 16.0 Å². The zero-order valence-corrected chi connectivity index (χ0v) is 11.0. The third-order valence-corrected chi connectivity index (χ3v) is 3.58. The van der Waals surface area contributed by atoms with Gasteiger partial charge in [0.25, 0.3) is 0 Å². The van der Waals surface area contributed by atoms with Crippen molar-refractivity contribution in [3.8, 4) is 0 Å². The van der Waals surface area contributed by atoms with Crippen LogP contribution in [0.4, 0.5) is 5.69 Å². The van der Waals surface area contributed by atoms with Crippen molar-refractivity contribution in [3.63, 3.8) is 0 Å². The molecule has 0 radical (unpaired) electrons. The summed E-state index contributed by atoms with van der Waals surface area (Å²) in [6.07, 6.45) is 1.18. The largest absolute Gasteiger partial charge is 0.384 e. The van der Waals surface area contributed by atoms with Crippen LogP contribution < -0.4 is 10.6 Å². The van der Waals surface area contributed by atoms with E-state index in [9.17, 15) is 0 Å². The molecule has 1 aromatic rings. The molecule has 0 aromatic heterocycles. The number of nitrogen functional groups attached to an aromatic ring is 1. The molecule has 2 rings (SSSR count). The van der Waals surface area contributed by atoms with Crippen LogP contribution in [0.25, 0.3) is 0 Å². The van der Waals surface area contributed by atoms with Gasteiger partial charge in [0, 0.05) is 18.7 Å². The highest BCUT2D eigenvalue weighted by Gasteiger charge is 2.30. The Labute approximate surface area is 107 Å². The fourth-order valence-corrected chi connectivity index (χ4v) is 2.55. The van der Waals surface area contributed by atoms with Crippen molar-refractivity contribution in [2.75, 3.05) is 18.0 Å². The van der Waals surface area contributed by atoms with Crippen molar-refractivity contribution in [2.45, 2.75) is 20.3 Å². The van der Waals surface area contributed by atoms with Crippen molar-refractivity contribution in [2.24, 2.45) is 11.1 Å². The van der Waals surface area contributed by atoms with Crippen LogP contribution in [0.15, 0.2) is 18.2 Å². The summed E-state index contributed by atoms with van der Waals surface area (Å²) in [7, 11) is 0. The molecule has 0 atom stereocenters. The molecule has 0 bridgehead atoms. The normalized spacial score (nSPS) is 18.4. The second-order valence-corrected chi connectivity index (χ2v) is 5.82. The molecule has 0 unspecified atom stereocenters. The Bertz CT molecular complexity index is 454. The van der Waals surface area contributed by atoms with E-state index < -0.39 is 0 Å². The fourth-order valence-electron chi connectivity index (χ4n) is 2.25. The third-order valence-electron chi connectivity index (χ3n) is 3.28. The maximum atomic E-state index is 7.38. The van der Waals surface area contributed by atoms with Crippen LogP contribution in [0.3, 0.4) is 0 Å². The van der Waals surface area contributed by atoms with Gasteiger partial charge < -0.3 is 10.6 Å². The lowest BCUT2D eigenvalue weighted by Gasteiger charge is -2.22. The average Bonchev–Trinajstić information content (AvgIpc) is 2.58. The predicted octanol–water partition coefficient (Wildman–Crippen LogP) is 2.86. The molecule has 0 amide bonds. The highest BCUT2D eigenvalue weighted by atomic mass is 35.5. The van der Waals surface area contributed by atoms with Gasteiger partial charge >= 0.3 is 0 Å². The van der Waals surface area contributed by atoms with Crippen molar-refractivity contribution < 1.29 is 0 Å². The van der Waals surface area contributed by atoms with Crippen molar-refractivity contribution in [1.29, 1.82) is 5.41 Å². The predicted molar refractivity (Wildman–Crippen MR) is 73.1 cm³/mol. The minimum absolute atomic E-state index is 0.0557. The Morgan fingerprint density at radius 3 is 2.65 bits per heavy atom. The lowest BCUT2D eigenvalue weighted by molar-refractivity contribution is 0.418. The van der Waals surface area contributed by atoms with Crippen LogP contribution in [-0.2, 0) is 0 Å². The van der Waals surface area contributed by atoms with E-state index in [1.165, 1.54) is 6.42 Å². The molecule has 3 N–H and O–H groups in total. The lowest BCUT2D eigenvalue weighted by Crippen LogP contribution is -2.23. The van der Waals surface area contributed by atoms with Gasteiger partial charge in [0.1, 0.15) is 5.84 Å². The second-order valence-electron chi connectivity index (χ2n) is 5.42. The zero-order chi connectivity index (χ0) is 12.6. The number of rotatable bonds is 2. The zero-order valence-electron chi connectivity index (χ0n) is 10.3. The summed E-state index contributed by atoms with van der Waals surface area (Å²) in [5, 5.41) is 8.06. The Hall–Kier alpha value is -1.22. The van der Waals surface area contributed by atoms with Crippen LogP contribution in [0.2, 0.25) is 5.02 Å². The van der Waals surface area contributed by atoms with Gasteiger partial charge in [-0.2, -0.15) is 0 Å². The first kappa shape index (κ1) is 12.2. The SMILES string of the molecule is CC1(C)CCN(c2ccc(C(=N)N)cc2Cl)C1. The molecule has 3 nitrogen and oxygen atoms in total. The summed E-state index contributed by atoms with van der Waals surface area (Å²) in [4.78, 5) is 2.30. The summed E-state index contributed by atoms with van der Waals surface area (Å²) in [5.41, 5.74) is 7.51. The first-order chi connectivity index (χ1) is 7.89. The molecule has 1 aliphatic heterocycles. The van der Waals surface area contributed by atoms with Gasteiger partial charge in [0.2, 0.25) is 0 Å². The first-order valence-electron chi connectivity index (χ1n) is 5.78. The van der Waals surface area contributed by atoms with E-state index in [2.05, 4.69) is 18.7 Å². The Balaban J connectivity index is 2.26. The summed E-state index contributed by atoms with van der Waals surface area (Å²) in [6.45, 7) is 6.59. The monoisotopic (exact) mass is 251 g/mol. The minimum atomic E-state index is 0.0557. The van der Waals surface area contributed by atoms with Gasteiger partial charge in [-0.05, 0) is 30.0 Å². The number of amidine groups is 1. The van der Waals surface area contributed by atoms with E-state index in [-0.39, 0.29) is 5.84 Å². The number of anilines is 1. The molecule has 0 spiro atoms. The molecule has 1 heterocycles. The number of nitrogens with one attached hydrogen (secondary N) is 1. The Morgan fingerprint density at radius 1 is 1.47 bits per heavy atom. The Kier molecular flexibility index (Phi) is 3.04. The van der Waals surface area contributed by atoms with Gasteiger partial charge in [0.15, 0.2) is 0 Å². The molecule has 0 aliphatic carbocycles. The summed E-state index contributed by atoms with van der Waals surface area (Å²) < 4.78 is 0. The van der Waals surface area contributed by atoms with E-state index >= 15 is 0 Å². The van der Waals surface area contributed by atoms with E-state index in [4.69, 9.17) is 22.7 Å². The molecular formula is C13H18ClN3. The van der Waals surface area contributed by atoms with Crippen molar-refractivity contribution >= 4 is 23.1 Å². The molecule has 1 fully saturated rings. The number of halogens is 1. The standard InChI is InChI=1S/C13H18ClN3/c1-13(2)5-6-17(8-13)11-4-3-9(12(15)16)7-10(11)14/h3-4,7H,5-6,8H2,1-2H3,(H3,15,16). The molecule has 92 valence electrons. The lowest BCUT2D eigenvalue weighted by atomic mass is 9.93. The average molecular weight is 252 g/mol. The topological polar surface area (TPSA) is 53.1 Å². The third kappa shape index (κ3) is 2.55. The number of hydrogen-bond donors (Lipinski definition) is 2. The van der Waals surface area contributed by atoms with E-state index in [1.807, 2.05) is 12.1 Å². The molecule has 17 heavy (non-hydrogen) atoms. The summed E-state index contributed by atoms with van der Waals surface area (Å²) in [5.74, 6) is 0.0557. The van der Waals surface area contributed by atoms with Gasteiger partial charge in [-0.1, -0.05) is 25.4 Å². The Morgan fingerprint density at radius 2 is 2.18 bits per heavy atom. The van der Waals surface area contributed by atoms with Gasteiger partial charge in [-0.3, -0.25) is 5.41 Å². The molecule has 1 aliphatic rings. The molecule has 1 saturated heterocycles. The van der Waals surface area contributed by atoms with E-state index in [1.54, 1.807) is 6.07 Å². The van der Waals surface area contributed by atoms with Crippen LogP contribution in [-0.4, -0.2) is 18.9 Å². The second kappa shape index (κ2) is 4.22. The maximum absolute atomic E-state index is 7.38. The first-order valence-corrected chi connectivity index (χ1v) is 6.16. The molecule has 0 saturated carbocycles. The van der Waals surface area contributed by atoms with Crippen LogP contribution >= 0.6 is 11.6 Å². The van der Waals surface area contributed by atoms with Crippen LogP contribution in [0.1, 0.15) is 25.8 Å². The smallest absolute Gasteiger partial charge is 0.122 e. The van der Waals surface area contributed by atoms with Crippen LogP contribution in [0.5, 0.6) is 0 Å². The van der Waals surface area contributed by atoms with Crippen molar-refractivity contribution in [3.05, 3.63) is 28.8 Å². The van der Waals surface area contributed by atoms with Crippen molar-refractivity contribution in [1.82, 2.24) is 0 Å². The molecule has 4 heteroatoms. The fraction of sp³-hybridized carbons (Fsp3) is 0.462. The van der Waals surface area contributed by atoms with Gasteiger partial charge in [-0.15, -0.1) is 0 Å². The number of nitrogens with zero attached hydrogens (tertiary/aromatic N) is 1. The van der Waals surface area contributed by atoms with Gasteiger partial charge in [-0.25, -0.2) is 0 Å². The minimum Gasteiger partial charge on any atom is -0.384 e. The summed E-state index contributed by atoms with van der Waals surface area (Å²) in [6, 6.07) is 5.58. The van der Waals surface area contributed by atoms with E-state index in [0.717, 1.165) is 18.8 Å². The molecule has 1 aromatic carbocycles. The highest BCUT2D eigenvalue weighted by Crippen LogP contribution is 2.36. The number of nitrogens with two attached hydrogens (primary N) is 1. The summed E-state index contributed by atoms with van der Waals surface area (Å²) >= 11 is 6.25. The number of hydrogen-bond acceptors (Lipinski definition) is 2. The highest BCUT2D eigenvalue weighted by molar-refractivity contribution is 6.33. The quantitative estimate of drug-likeness (QED) is 0.627. The molecular weight excluding hydrogens is 234 g/mol. The van der Waals surface area contributed by atoms with Gasteiger partial charge in [0.05, 0.1) is 10.7 Å². The maximum Gasteiger partial charge on any atom is 0.122 e. The van der Waals surface area contributed by atoms with Crippen LogP contribution in [0, 0.1) is 10.8 Å².